The predicted octanol–water partition coefficient (Wildman–Crippen LogP) is 2.68. The first-order valence-electron chi connectivity index (χ1n) is 6.73. The maximum atomic E-state index is 3.35. The first-order valence-corrected chi connectivity index (χ1v) is 6.73. The van der Waals surface area contributed by atoms with Crippen LogP contribution in [0.5, 0.6) is 0 Å². The molecule has 0 heterocycles. The van der Waals surface area contributed by atoms with Gasteiger partial charge in [0.05, 0.1) is 0 Å². The number of hydrogen-bond acceptors (Lipinski definition) is 2. The van der Waals surface area contributed by atoms with Gasteiger partial charge in [0.15, 0.2) is 0 Å². The third-order valence-electron chi connectivity index (χ3n) is 2.93. The molecule has 1 N–H and O–H groups in total. The number of rotatable bonds is 8. The van der Waals surface area contributed by atoms with E-state index in [1.165, 1.54) is 24.0 Å². The molecule has 0 radical (unpaired) electrons. The van der Waals surface area contributed by atoms with E-state index in [-0.39, 0.29) is 0 Å². The summed E-state index contributed by atoms with van der Waals surface area (Å²) in [5.41, 5.74) is 2.86. The van der Waals surface area contributed by atoms with Gasteiger partial charge in [0.1, 0.15) is 0 Å². The van der Waals surface area contributed by atoms with Gasteiger partial charge in [-0.3, -0.25) is 0 Å². The van der Waals surface area contributed by atoms with Gasteiger partial charge < -0.3 is 10.2 Å². The Morgan fingerprint density at radius 3 is 2.29 bits per heavy atom. The molecule has 2 heteroatoms. The van der Waals surface area contributed by atoms with Crippen LogP contribution in [0.3, 0.4) is 0 Å². The monoisotopic (exact) mass is 234 g/mol. The van der Waals surface area contributed by atoms with E-state index in [0.717, 1.165) is 26.2 Å². The van der Waals surface area contributed by atoms with Crippen molar-refractivity contribution in [1.29, 1.82) is 0 Å². The molecular weight excluding hydrogens is 208 g/mol. The van der Waals surface area contributed by atoms with E-state index < -0.39 is 0 Å². The summed E-state index contributed by atoms with van der Waals surface area (Å²) in [6, 6.07) is 9.04. The molecule has 0 aliphatic carbocycles. The van der Waals surface area contributed by atoms with Crippen molar-refractivity contribution >= 4 is 0 Å². The Kier molecular flexibility index (Phi) is 6.90. The molecule has 0 aliphatic heterocycles. The Balaban J connectivity index is 2.34. The summed E-state index contributed by atoms with van der Waals surface area (Å²) in [5, 5.41) is 3.35. The second-order valence-corrected chi connectivity index (χ2v) is 4.66. The number of hydrogen-bond donors (Lipinski definition) is 1. The normalized spacial score (nSPS) is 11.1. The van der Waals surface area contributed by atoms with Gasteiger partial charge >= 0.3 is 0 Å². The Hall–Kier alpha value is -0.860. The van der Waals surface area contributed by atoms with Crippen molar-refractivity contribution in [3.8, 4) is 0 Å². The number of nitrogens with zero attached hydrogens (tertiary/aromatic N) is 1. The number of aryl methyl sites for hydroxylation is 1. The van der Waals surface area contributed by atoms with Crippen LogP contribution in [0.4, 0.5) is 0 Å². The molecule has 0 bridgehead atoms. The van der Waals surface area contributed by atoms with E-state index >= 15 is 0 Å². The van der Waals surface area contributed by atoms with Crippen LogP contribution < -0.4 is 5.32 Å². The summed E-state index contributed by atoms with van der Waals surface area (Å²) in [6.45, 7) is 8.64. The largest absolute Gasteiger partial charge is 0.316 e. The molecule has 0 saturated heterocycles. The van der Waals surface area contributed by atoms with Crippen LogP contribution in [0.25, 0.3) is 0 Å². The second kappa shape index (κ2) is 8.26. The summed E-state index contributed by atoms with van der Waals surface area (Å²) in [5.74, 6) is 0. The highest BCUT2D eigenvalue weighted by Gasteiger charge is 2.00. The molecule has 0 aliphatic rings. The fourth-order valence-electron chi connectivity index (χ4n) is 1.94. The van der Waals surface area contributed by atoms with Crippen LogP contribution >= 0.6 is 0 Å². The zero-order valence-electron chi connectivity index (χ0n) is 11.5. The Morgan fingerprint density at radius 2 is 1.71 bits per heavy atom. The van der Waals surface area contributed by atoms with E-state index in [4.69, 9.17) is 0 Å². The van der Waals surface area contributed by atoms with E-state index in [9.17, 15) is 0 Å². The number of benzene rings is 1. The summed E-state index contributed by atoms with van der Waals surface area (Å²) >= 11 is 0. The lowest BCUT2D eigenvalue weighted by atomic mass is 10.1. The molecular formula is C15H26N2. The van der Waals surface area contributed by atoms with Crippen LogP contribution in [0.15, 0.2) is 24.3 Å². The molecule has 17 heavy (non-hydrogen) atoms. The maximum absolute atomic E-state index is 3.35. The van der Waals surface area contributed by atoms with Crippen LogP contribution in [0, 0.1) is 0 Å². The van der Waals surface area contributed by atoms with Crippen molar-refractivity contribution < 1.29 is 0 Å². The topological polar surface area (TPSA) is 15.3 Å². The standard InChI is InChI=1S/C15H26N2/c1-4-6-14-7-9-15(10-8-14)13-17(3)12-11-16-5-2/h7-10,16H,4-6,11-13H2,1-3H3. The zero-order chi connectivity index (χ0) is 12.5. The van der Waals surface area contributed by atoms with Crippen LogP contribution in [-0.4, -0.2) is 31.6 Å². The molecule has 2 nitrogen and oxygen atoms in total. The van der Waals surface area contributed by atoms with Crippen LogP contribution in [0.1, 0.15) is 31.4 Å². The van der Waals surface area contributed by atoms with Crippen molar-refractivity contribution in [1.82, 2.24) is 10.2 Å². The fourth-order valence-corrected chi connectivity index (χ4v) is 1.94. The van der Waals surface area contributed by atoms with Crippen LogP contribution in [-0.2, 0) is 13.0 Å². The first kappa shape index (κ1) is 14.2. The minimum Gasteiger partial charge on any atom is -0.316 e. The molecule has 1 aromatic rings. The van der Waals surface area contributed by atoms with Gasteiger partial charge in [0.25, 0.3) is 0 Å². The molecule has 1 aromatic carbocycles. The highest BCUT2D eigenvalue weighted by molar-refractivity contribution is 5.22. The van der Waals surface area contributed by atoms with Gasteiger partial charge in [-0.05, 0) is 31.1 Å². The summed E-state index contributed by atoms with van der Waals surface area (Å²) in [6.07, 6.45) is 2.42. The average molecular weight is 234 g/mol. The summed E-state index contributed by atoms with van der Waals surface area (Å²) in [4.78, 5) is 2.36. The SMILES string of the molecule is CCCc1ccc(CN(C)CCNCC)cc1. The lowest BCUT2D eigenvalue weighted by molar-refractivity contribution is 0.325. The quantitative estimate of drug-likeness (QED) is 0.696. The molecule has 1 rings (SSSR count). The molecule has 0 fully saturated rings. The highest BCUT2D eigenvalue weighted by Crippen LogP contribution is 2.08. The van der Waals surface area contributed by atoms with Crippen molar-refractivity contribution in [3.05, 3.63) is 35.4 Å². The molecule has 0 atom stereocenters. The smallest absolute Gasteiger partial charge is 0.0231 e. The molecule has 0 saturated carbocycles. The lowest BCUT2D eigenvalue weighted by Crippen LogP contribution is -2.28. The molecule has 0 aromatic heterocycles. The highest BCUT2D eigenvalue weighted by atomic mass is 15.1. The Morgan fingerprint density at radius 1 is 1.06 bits per heavy atom. The zero-order valence-corrected chi connectivity index (χ0v) is 11.5. The minimum atomic E-state index is 1.04. The van der Waals surface area contributed by atoms with E-state index in [1.54, 1.807) is 0 Å². The second-order valence-electron chi connectivity index (χ2n) is 4.66. The molecule has 0 spiro atoms. The van der Waals surface area contributed by atoms with E-state index in [0.29, 0.717) is 0 Å². The van der Waals surface area contributed by atoms with Gasteiger partial charge in [-0.15, -0.1) is 0 Å². The maximum Gasteiger partial charge on any atom is 0.0231 e. The van der Waals surface area contributed by atoms with Gasteiger partial charge in [0.2, 0.25) is 0 Å². The summed E-state index contributed by atoms with van der Waals surface area (Å²) < 4.78 is 0. The molecule has 0 unspecified atom stereocenters. The predicted molar refractivity (Wildman–Crippen MR) is 75.3 cm³/mol. The third kappa shape index (κ3) is 5.85. The van der Waals surface area contributed by atoms with Crippen molar-refractivity contribution in [2.24, 2.45) is 0 Å². The van der Waals surface area contributed by atoms with Gasteiger partial charge in [-0.25, -0.2) is 0 Å². The number of nitrogens with one attached hydrogen (secondary N) is 1. The molecule has 96 valence electrons. The summed E-state index contributed by atoms with van der Waals surface area (Å²) in [7, 11) is 2.18. The van der Waals surface area contributed by atoms with Crippen molar-refractivity contribution in [2.75, 3.05) is 26.7 Å². The van der Waals surface area contributed by atoms with Crippen LogP contribution in [0.2, 0.25) is 0 Å². The number of likely N-dealkylation sites (N-methyl/N-ethyl adjacent to an activating group) is 2. The Labute approximate surface area is 106 Å². The van der Waals surface area contributed by atoms with Crippen molar-refractivity contribution in [3.63, 3.8) is 0 Å². The van der Waals surface area contributed by atoms with Gasteiger partial charge in [-0.1, -0.05) is 44.5 Å². The fraction of sp³-hybridized carbons (Fsp3) is 0.600. The van der Waals surface area contributed by atoms with Gasteiger partial charge in [-0.2, -0.15) is 0 Å². The van der Waals surface area contributed by atoms with E-state index in [1.807, 2.05) is 0 Å². The third-order valence-corrected chi connectivity index (χ3v) is 2.93. The van der Waals surface area contributed by atoms with Crippen molar-refractivity contribution in [2.45, 2.75) is 33.2 Å². The average Bonchev–Trinajstić information content (AvgIpc) is 2.32. The minimum absolute atomic E-state index is 1.04. The van der Waals surface area contributed by atoms with Gasteiger partial charge in [0, 0.05) is 19.6 Å². The van der Waals surface area contributed by atoms with E-state index in [2.05, 4.69) is 55.4 Å². The Bertz CT molecular complexity index is 292. The lowest BCUT2D eigenvalue weighted by Gasteiger charge is -2.17. The first-order chi connectivity index (χ1) is 8.26. The molecule has 0 amide bonds.